The van der Waals surface area contributed by atoms with Gasteiger partial charge in [0.25, 0.3) is 0 Å². The van der Waals surface area contributed by atoms with Crippen molar-refractivity contribution < 1.29 is 0 Å². The van der Waals surface area contributed by atoms with E-state index in [0.717, 1.165) is 41.6 Å². The quantitative estimate of drug-likeness (QED) is 0.789. The zero-order chi connectivity index (χ0) is 15.2. The van der Waals surface area contributed by atoms with Gasteiger partial charge in [-0.3, -0.25) is 0 Å². The molecule has 0 saturated heterocycles. The number of benzene rings is 1. The molecule has 0 atom stereocenters. The van der Waals surface area contributed by atoms with E-state index in [1.54, 1.807) is 11.8 Å². The van der Waals surface area contributed by atoms with Crippen LogP contribution >= 0.6 is 11.8 Å². The summed E-state index contributed by atoms with van der Waals surface area (Å²) in [7, 11) is 0. The summed E-state index contributed by atoms with van der Waals surface area (Å²) in [5.74, 6) is 1.89. The van der Waals surface area contributed by atoms with Crippen molar-refractivity contribution in [2.75, 3.05) is 11.9 Å². The van der Waals surface area contributed by atoms with Crippen molar-refractivity contribution >= 4 is 17.6 Å². The lowest BCUT2D eigenvalue weighted by molar-refractivity contribution is 0.802. The minimum absolute atomic E-state index is 0.873. The Labute approximate surface area is 131 Å². The van der Waals surface area contributed by atoms with Crippen LogP contribution in [0.3, 0.4) is 0 Å². The molecule has 2 rings (SSSR count). The standard InChI is InChI=1S/C17H23N3S/c1-5-9-15-19-16(18-6-2)13(4)17(20-15)21-14-11-8-7-10-12(14)3/h7-8,10-11H,5-6,9H2,1-4H3,(H,18,19,20). The summed E-state index contributed by atoms with van der Waals surface area (Å²) in [6, 6.07) is 8.42. The van der Waals surface area contributed by atoms with Gasteiger partial charge in [-0.15, -0.1) is 0 Å². The molecular formula is C17H23N3S. The van der Waals surface area contributed by atoms with E-state index in [1.807, 2.05) is 0 Å². The SMILES string of the molecule is CCCc1nc(NCC)c(C)c(Sc2ccccc2C)n1. The number of aromatic nitrogens is 2. The van der Waals surface area contributed by atoms with Gasteiger partial charge in [-0.05, 0) is 38.8 Å². The third kappa shape index (κ3) is 3.97. The van der Waals surface area contributed by atoms with E-state index in [-0.39, 0.29) is 0 Å². The van der Waals surface area contributed by atoms with Crippen LogP contribution in [-0.2, 0) is 6.42 Å². The highest BCUT2D eigenvalue weighted by Gasteiger charge is 2.12. The minimum Gasteiger partial charge on any atom is -0.370 e. The highest BCUT2D eigenvalue weighted by Crippen LogP contribution is 2.33. The first-order chi connectivity index (χ1) is 10.2. The van der Waals surface area contributed by atoms with Gasteiger partial charge in [0, 0.05) is 23.4 Å². The summed E-state index contributed by atoms with van der Waals surface area (Å²) in [5, 5.41) is 4.41. The summed E-state index contributed by atoms with van der Waals surface area (Å²) in [6.07, 6.45) is 1.98. The maximum atomic E-state index is 4.75. The predicted octanol–water partition coefficient (Wildman–Crippen LogP) is 4.63. The summed E-state index contributed by atoms with van der Waals surface area (Å²) < 4.78 is 0. The molecule has 0 radical (unpaired) electrons. The first kappa shape index (κ1) is 15.8. The zero-order valence-corrected chi connectivity index (χ0v) is 14.0. The lowest BCUT2D eigenvalue weighted by Crippen LogP contribution is -2.07. The number of aryl methyl sites for hydroxylation is 2. The van der Waals surface area contributed by atoms with Crippen molar-refractivity contribution in [3.05, 3.63) is 41.2 Å². The van der Waals surface area contributed by atoms with Gasteiger partial charge >= 0.3 is 0 Å². The highest BCUT2D eigenvalue weighted by molar-refractivity contribution is 7.99. The van der Waals surface area contributed by atoms with Crippen molar-refractivity contribution in [1.29, 1.82) is 0 Å². The summed E-state index contributed by atoms with van der Waals surface area (Å²) in [5.41, 5.74) is 2.41. The molecule has 0 amide bonds. The monoisotopic (exact) mass is 301 g/mol. The topological polar surface area (TPSA) is 37.8 Å². The molecule has 112 valence electrons. The molecule has 4 heteroatoms. The van der Waals surface area contributed by atoms with Gasteiger partial charge in [0.15, 0.2) is 0 Å². The van der Waals surface area contributed by atoms with E-state index in [1.165, 1.54) is 10.5 Å². The van der Waals surface area contributed by atoms with Crippen LogP contribution in [0, 0.1) is 13.8 Å². The molecule has 0 bridgehead atoms. The largest absolute Gasteiger partial charge is 0.370 e. The molecule has 0 saturated carbocycles. The van der Waals surface area contributed by atoms with Crippen molar-refractivity contribution in [3.63, 3.8) is 0 Å². The summed E-state index contributed by atoms with van der Waals surface area (Å²) in [6.45, 7) is 9.35. The number of rotatable bonds is 6. The van der Waals surface area contributed by atoms with Gasteiger partial charge in [0.1, 0.15) is 16.7 Å². The van der Waals surface area contributed by atoms with E-state index < -0.39 is 0 Å². The van der Waals surface area contributed by atoms with Gasteiger partial charge < -0.3 is 5.32 Å². The maximum absolute atomic E-state index is 4.75. The van der Waals surface area contributed by atoms with Crippen LogP contribution in [0.5, 0.6) is 0 Å². The maximum Gasteiger partial charge on any atom is 0.133 e. The molecule has 0 aliphatic heterocycles. The Morgan fingerprint density at radius 2 is 1.86 bits per heavy atom. The van der Waals surface area contributed by atoms with E-state index in [4.69, 9.17) is 4.98 Å². The fourth-order valence-corrected chi connectivity index (χ4v) is 3.07. The fraction of sp³-hybridized carbons (Fsp3) is 0.412. The first-order valence-electron chi connectivity index (χ1n) is 7.50. The molecule has 1 aromatic carbocycles. The third-order valence-electron chi connectivity index (χ3n) is 3.27. The third-order valence-corrected chi connectivity index (χ3v) is 4.53. The normalized spacial score (nSPS) is 10.7. The Morgan fingerprint density at radius 1 is 1.10 bits per heavy atom. The van der Waals surface area contributed by atoms with Crippen LogP contribution in [0.4, 0.5) is 5.82 Å². The molecule has 0 aliphatic rings. The predicted molar refractivity (Wildman–Crippen MR) is 90.2 cm³/mol. The number of hydrogen-bond acceptors (Lipinski definition) is 4. The summed E-state index contributed by atoms with van der Waals surface area (Å²) in [4.78, 5) is 10.6. The van der Waals surface area contributed by atoms with Crippen LogP contribution in [0.25, 0.3) is 0 Å². The Morgan fingerprint density at radius 3 is 2.52 bits per heavy atom. The zero-order valence-electron chi connectivity index (χ0n) is 13.2. The van der Waals surface area contributed by atoms with Gasteiger partial charge in [-0.1, -0.05) is 36.9 Å². The van der Waals surface area contributed by atoms with Crippen molar-refractivity contribution in [2.24, 2.45) is 0 Å². The average Bonchev–Trinajstić information content (AvgIpc) is 2.46. The van der Waals surface area contributed by atoms with Gasteiger partial charge in [-0.25, -0.2) is 9.97 Å². The van der Waals surface area contributed by atoms with Crippen LogP contribution < -0.4 is 5.32 Å². The molecule has 0 unspecified atom stereocenters. The van der Waals surface area contributed by atoms with Crippen molar-refractivity contribution in [2.45, 2.75) is 50.5 Å². The van der Waals surface area contributed by atoms with E-state index in [9.17, 15) is 0 Å². The molecule has 21 heavy (non-hydrogen) atoms. The van der Waals surface area contributed by atoms with Crippen LogP contribution in [0.2, 0.25) is 0 Å². The van der Waals surface area contributed by atoms with Crippen molar-refractivity contribution in [3.8, 4) is 0 Å². The molecule has 0 spiro atoms. The fourth-order valence-electron chi connectivity index (χ4n) is 2.09. The average molecular weight is 301 g/mol. The van der Waals surface area contributed by atoms with E-state index in [2.05, 4.69) is 62.3 Å². The molecule has 0 fully saturated rings. The number of nitrogens with one attached hydrogen (secondary N) is 1. The second-order valence-corrected chi connectivity index (χ2v) is 6.10. The molecular weight excluding hydrogens is 278 g/mol. The van der Waals surface area contributed by atoms with Crippen LogP contribution in [0.1, 0.15) is 37.2 Å². The molecule has 1 N–H and O–H groups in total. The Bertz CT molecular complexity index is 611. The van der Waals surface area contributed by atoms with Crippen LogP contribution in [-0.4, -0.2) is 16.5 Å². The Kier molecular flexibility index (Phi) is 5.62. The molecule has 1 aromatic heterocycles. The summed E-state index contributed by atoms with van der Waals surface area (Å²) >= 11 is 1.73. The van der Waals surface area contributed by atoms with Gasteiger partial charge in [0.2, 0.25) is 0 Å². The van der Waals surface area contributed by atoms with Gasteiger partial charge in [0.05, 0.1) is 0 Å². The van der Waals surface area contributed by atoms with Gasteiger partial charge in [-0.2, -0.15) is 0 Å². The highest BCUT2D eigenvalue weighted by atomic mass is 32.2. The lowest BCUT2D eigenvalue weighted by Gasteiger charge is -2.13. The second kappa shape index (κ2) is 7.46. The minimum atomic E-state index is 0.873. The molecule has 1 heterocycles. The second-order valence-electron chi connectivity index (χ2n) is 5.07. The number of nitrogens with zero attached hydrogens (tertiary/aromatic N) is 2. The number of anilines is 1. The first-order valence-corrected chi connectivity index (χ1v) is 8.32. The Balaban J connectivity index is 2.39. The lowest BCUT2D eigenvalue weighted by atomic mass is 10.2. The van der Waals surface area contributed by atoms with E-state index >= 15 is 0 Å². The molecule has 2 aromatic rings. The molecule has 0 aliphatic carbocycles. The van der Waals surface area contributed by atoms with E-state index in [0.29, 0.717) is 0 Å². The molecule has 3 nitrogen and oxygen atoms in total. The smallest absolute Gasteiger partial charge is 0.133 e. The number of hydrogen-bond donors (Lipinski definition) is 1. The van der Waals surface area contributed by atoms with Crippen LogP contribution in [0.15, 0.2) is 34.2 Å². The van der Waals surface area contributed by atoms with Crippen molar-refractivity contribution in [1.82, 2.24) is 9.97 Å². The Hall–Kier alpha value is -1.55.